The summed E-state index contributed by atoms with van der Waals surface area (Å²) in [5.41, 5.74) is 0. The average molecular weight is 463 g/mol. The third kappa shape index (κ3) is 8.23. The van der Waals surface area contributed by atoms with E-state index in [9.17, 15) is 20.1 Å². The molecule has 8 heteroatoms. The van der Waals surface area contributed by atoms with Gasteiger partial charge >= 0.3 is 5.97 Å². The molecule has 0 heterocycles. The summed E-state index contributed by atoms with van der Waals surface area (Å²) in [6.45, 7) is 0.0843. The van der Waals surface area contributed by atoms with Crippen LogP contribution in [0.3, 0.4) is 0 Å². The van der Waals surface area contributed by atoms with Crippen LogP contribution in [0.25, 0.3) is 0 Å². The monoisotopic (exact) mass is 462 g/mol. The van der Waals surface area contributed by atoms with Crippen molar-refractivity contribution in [1.82, 2.24) is 0 Å². The quantitative estimate of drug-likeness (QED) is 0.325. The second kappa shape index (κ2) is 12.7. The third-order valence-corrected chi connectivity index (χ3v) is 6.39. The van der Waals surface area contributed by atoms with Crippen molar-refractivity contribution in [2.24, 2.45) is 11.8 Å². The molecule has 0 aromatic heterocycles. The molecule has 1 aromatic rings. The zero-order chi connectivity index (χ0) is 22.1. The fourth-order valence-electron chi connectivity index (χ4n) is 4.24. The van der Waals surface area contributed by atoms with Gasteiger partial charge in [-0.1, -0.05) is 42.5 Å². The summed E-state index contributed by atoms with van der Waals surface area (Å²) in [5.74, 6) is -0.381. The van der Waals surface area contributed by atoms with Crippen molar-refractivity contribution >= 4 is 29.2 Å². The average Bonchev–Trinajstić information content (AvgIpc) is 2.94. The molecule has 0 radical (unpaired) electrons. The van der Waals surface area contributed by atoms with Gasteiger partial charge in [0.2, 0.25) is 0 Å². The highest BCUT2D eigenvalue weighted by Gasteiger charge is 2.40. The maximum absolute atomic E-state index is 10.5. The molecule has 1 saturated carbocycles. The summed E-state index contributed by atoms with van der Waals surface area (Å²) in [6, 6.07) is 4.89. The topological polar surface area (TPSA) is 107 Å². The molecule has 1 fully saturated rings. The minimum Gasteiger partial charge on any atom is -0.489 e. The van der Waals surface area contributed by atoms with Gasteiger partial charge in [-0.25, -0.2) is 0 Å². The Morgan fingerprint density at radius 3 is 2.40 bits per heavy atom. The molecule has 30 heavy (non-hydrogen) atoms. The standard InChI is InChI=1S/C22H32Cl2O6/c23-14-7-10-21(18(24)11-14)30-13-15(25)8-9-17-16(19(26)12-20(17)27)5-3-1-2-4-6-22(28)29/h7,10-11,15-17,19-20,25-27H,1-6,8-9,12-13H2,(H,28,29)/t15?,16?,17-,19+,20-/m1/s1. The van der Waals surface area contributed by atoms with E-state index in [1.807, 2.05) is 0 Å². The van der Waals surface area contributed by atoms with Crippen LogP contribution >= 0.6 is 23.2 Å². The summed E-state index contributed by atoms with van der Waals surface area (Å²) in [5, 5.41) is 40.5. The Morgan fingerprint density at radius 2 is 1.73 bits per heavy atom. The lowest BCUT2D eigenvalue weighted by Crippen LogP contribution is -2.25. The van der Waals surface area contributed by atoms with Gasteiger partial charge in [-0.05, 0) is 62.1 Å². The molecule has 1 aliphatic carbocycles. The number of carboxylic acids is 1. The lowest BCUT2D eigenvalue weighted by Gasteiger charge is -2.24. The van der Waals surface area contributed by atoms with Crippen LogP contribution in [0, 0.1) is 11.8 Å². The van der Waals surface area contributed by atoms with Crippen LogP contribution in [0.2, 0.25) is 10.0 Å². The van der Waals surface area contributed by atoms with Gasteiger partial charge in [0.05, 0.1) is 23.3 Å². The number of ether oxygens (including phenoxy) is 1. The molecule has 6 nitrogen and oxygen atoms in total. The van der Waals surface area contributed by atoms with Gasteiger partial charge in [-0.15, -0.1) is 0 Å². The normalized spacial score (nSPS) is 24.7. The maximum atomic E-state index is 10.5. The van der Waals surface area contributed by atoms with Crippen molar-refractivity contribution in [2.75, 3.05) is 6.61 Å². The first-order valence-corrected chi connectivity index (χ1v) is 11.4. The van der Waals surface area contributed by atoms with Gasteiger partial charge in [0.15, 0.2) is 0 Å². The van der Waals surface area contributed by atoms with E-state index < -0.39 is 24.3 Å². The number of aliphatic hydroxyl groups excluding tert-OH is 3. The van der Waals surface area contributed by atoms with Crippen LogP contribution in [0.5, 0.6) is 5.75 Å². The fourth-order valence-corrected chi connectivity index (χ4v) is 4.70. The number of hydrogen-bond donors (Lipinski definition) is 4. The van der Waals surface area contributed by atoms with Crippen LogP contribution in [0.15, 0.2) is 18.2 Å². The molecule has 2 rings (SSSR count). The summed E-state index contributed by atoms with van der Waals surface area (Å²) in [4.78, 5) is 10.5. The Hall–Kier alpha value is -1.05. The molecular weight excluding hydrogens is 431 g/mol. The van der Waals surface area contributed by atoms with Crippen molar-refractivity contribution in [3.05, 3.63) is 28.2 Å². The Bertz CT molecular complexity index is 671. The van der Waals surface area contributed by atoms with E-state index in [-0.39, 0.29) is 24.9 Å². The summed E-state index contributed by atoms with van der Waals surface area (Å²) in [7, 11) is 0. The van der Waals surface area contributed by atoms with E-state index in [0.717, 1.165) is 25.7 Å². The number of rotatable bonds is 13. The van der Waals surface area contributed by atoms with Gasteiger partial charge < -0.3 is 25.2 Å². The smallest absolute Gasteiger partial charge is 0.303 e. The Morgan fingerprint density at radius 1 is 1.07 bits per heavy atom. The first kappa shape index (κ1) is 25.2. The number of carboxylic acid groups (broad SMARTS) is 1. The van der Waals surface area contributed by atoms with Crippen molar-refractivity contribution in [3.63, 3.8) is 0 Å². The van der Waals surface area contributed by atoms with Gasteiger partial charge in [-0.3, -0.25) is 4.79 Å². The number of carbonyl (C=O) groups is 1. The molecule has 1 aromatic carbocycles. The number of hydrogen-bond acceptors (Lipinski definition) is 5. The molecule has 170 valence electrons. The zero-order valence-electron chi connectivity index (χ0n) is 17.1. The van der Waals surface area contributed by atoms with Crippen molar-refractivity contribution in [3.8, 4) is 5.75 Å². The van der Waals surface area contributed by atoms with Crippen LogP contribution in [-0.2, 0) is 4.79 Å². The molecule has 1 aliphatic rings. The van der Waals surface area contributed by atoms with Gasteiger partial charge in [0, 0.05) is 11.4 Å². The molecule has 0 aliphatic heterocycles. The van der Waals surface area contributed by atoms with E-state index in [4.69, 9.17) is 33.0 Å². The minimum atomic E-state index is -0.773. The Labute approximate surface area is 187 Å². The minimum absolute atomic E-state index is 0.00157. The zero-order valence-corrected chi connectivity index (χ0v) is 18.6. The van der Waals surface area contributed by atoms with Gasteiger partial charge in [-0.2, -0.15) is 0 Å². The molecule has 0 saturated heterocycles. The van der Waals surface area contributed by atoms with E-state index in [1.54, 1.807) is 18.2 Å². The van der Waals surface area contributed by atoms with E-state index in [2.05, 4.69) is 0 Å². The Balaban J connectivity index is 1.73. The van der Waals surface area contributed by atoms with E-state index in [1.165, 1.54) is 0 Å². The van der Waals surface area contributed by atoms with E-state index in [0.29, 0.717) is 41.5 Å². The molecule has 0 amide bonds. The van der Waals surface area contributed by atoms with Crippen molar-refractivity contribution < 1.29 is 30.0 Å². The number of halogens is 2. The molecule has 2 unspecified atom stereocenters. The number of aliphatic hydroxyl groups is 3. The molecule has 5 atom stereocenters. The molecule has 4 N–H and O–H groups in total. The van der Waals surface area contributed by atoms with Crippen LogP contribution in [0.1, 0.15) is 57.8 Å². The van der Waals surface area contributed by atoms with Gasteiger partial charge in [0.25, 0.3) is 0 Å². The number of benzene rings is 1. The highest BCUT2D eigenvalue weighted by atomic mass is 35.5. The second-order valence-electron chi connectivity index (χ2n) is 8.16. The number of aliphatic carboxylic acids is 1. The van der Waals surface area contributed by atoms with Crippen LogP contribution < -0.4 is 4.74 Å². The Kier molecular flexibility index (Phi) is 10.7. The lowest BCUT2D eigenvalue weighted by atomic mass is 9.85. The summed E-state index contributed by atoms with van der Waals surface area (Å²) >= 11 is 11.9. The largest absolute Gasteiger partial charge is 0.489 e. The molecule has 0 spiro atoms. The maximum Gasteiger partial charge on any atom is 0.303 e. The molecule has 0 bridgehead atoms. The van der Waals surface area contributed by atoms with Crippen molar-refractivity contribution in [2.45, 2.75) is 76.1 Å². The number of unbranched alkanes of at least 4 members (excludes halogenated alkanes) is 3. The second-order valence-corrected chi connectivity index (χ2v) is 9.01. The SMILES string of the molecule is O=C(O)CCCCCCC1[C@@H](CCC(O)COc2ccc(Cl)cc2Cl)[C@H](O)C[C@@H]1O. The highest BCUT2D eigenvalue weighted by Crippen LogP contribution is 2.39. The first-order chi connectivity index (χ1) is 14.3. The summed E-state index contributed by atoms with van der Waals surface area (Å²) in [6.07, 6.45) is 3.90. The fraction of sp³-hybridized carbons (Fsp3) is 0.682. The van der Waals surface area contributed by atoms with Crippen LogP contribution in [0.4, 0.5) is 0 Å². The summed E-state index contributed by atoms with van der Waals surface area (Å²) < 4.78 is 5.57. The van der Waals surface area contributed by atoms with Gasteiger partial charge in [0.1, 0.15) is 12.4 Å². The first-order valence-electron chi connectivity index (χ1n) is 10.6. The van der Waals surface area contributed by atoms with E-state index >= 15 is 0 Å². The predicted octanol–water partition coefficient (Wildman–Crippen LogP) is 4.30. The third-order valence-electron chi connectivity index (χ3n) is 5.86. The highest BCUT2D eigenvalue weighted by molar-refractivity contribution is 6.35. The molecular formula is C22H32Cl2O6. The van der Waals surface area contributed by atoms with Crippen molar-refractivity contribution in [1.29, 1.82) is 0 Å². The lowest BCUT2D eigenvalue weighted by molar-refractivity contribution is -0.137. The van der Waals surface area contributed by atoms with Crippen LogP contribution in [-0.4, -0.2) is 51.3 Å². The predicted molar refractivity (Wildman–Crippen MR) is 116 cm³/mol.